The van der Waals surface area contributed by atoms with Gasteiger partial charge in [-0.2, -0.15) is 0 Å². The van der Waals surface area contributed by atoms with Gasteiger partial charge in [-0.05, 0) is 42.4 Å². The standard InChI is InChI=1S/C12H14BrCl/c13-8-12(9-3-1-4-9)10-5-2-6-11(14)7-10/h2,5-7,9,12H,1,3-4,8H2. The Balaban J connectivity index is 2.17. The van der Waals surface area contributed by atoms with Gasteiger partial charge in [-0.1, -0.05) is 46.1 Å². The van der Waals surface area contributed by atoms with Crippen molar-refractivity contribution in [1.29, 1.82) is 0 Å². The highest BCUT2D eigenvalue weighted by molar-refractivity contribution is 9.09. The van der Waals surface area contributed by atoms with Crippen LogP contribution in [0.15, 0.2) is 24.3 Å². The summed E-state index contributed by atoms with van der Waals surface area (Å²) in [6.07, 6.45) is 4.15. The van der Waals surface area contributed by atoms with Crippen molar-refractivity contribution in [1.82, 2.24) is 0 Å². The molecule has 0 aliphatic heterocycles. The largest absolute Gasteiger partial charge is 0.0921 e. The third-order valence-corrected chi connectivity index (χ3v) is 4.09. The molecule has 0 spiro atoms. The summed E-state index contributed by atoms with van der Waals surface area (Å²) in [6.45, 7) is 0. The molecule has 76 valence electrons. The normalized spacial score (nSPS) is 19.0. The fraction of sp³-hybridized carbons (Fsp3) is 0.500. The topological polar surface area (TPSA) is 0 Å². The summed E-state index contributed by atoms with van der Waals surface area (Å²) in [4.78, 5) is 0. The molecule has 1 aliphatic carbocycles. The van der Waals surface area contributed by atoms with Crippen LogP contribution in [0, 0.1) is 5.92 Å². The minimum Gasteiger partial charge on any atom is -0.0921 e. The monoisotopic (exact) mass is 272 g/mol. The first-order valence-electron chi connectivity index (χ1n) is 5.12. The molecule has 1 aliphatic rings. The zero-order valence-corrected chi connectivity index (χ0v) is 10.4. The van der Waals surface area contributed by atoms with Crippen LogP contribution in [0.2, 0.25) is 5.02 Å². The number of hydrogen-bond donors (Lipinski definition) is 0. The molecule has 0 radical (unpaired) electrons. The van der Waals surface area contributed by atoms with Gasteiger partial charge in [-0.3, -0.25) is 0 Å². The summed E-state index contributed by atoms with van der Waals surface area (Å²) in [5.41, 5.74) is 1.39. The lowest BCUT2D eigenvalue weighted by Crippen LogP contribution is -2.21. The van der Waals surface area contributed by atoms with E-state index in [1.807, 2.05) is 12.1 Å². The molecule has 0 aromatic heterocycles. The molecule has 0 heterocycles. The second kappa shape index (κ2) is 4.67. The Hall–Kier alpha value is -0.0100. The second-order valence-corrected chi connectivity index (χ2v) is 5.09. The molecule has 0 bridgehead atoms. The van der Waals surface area contributed by atoms with Crippen LogP contribution in [0.4, 0.5) is 0 Å². The van der Waals surface area contributed by atoms with Gasteiger partial charge in [0.05, 0.1) is 0 Å². The predicted octanol–water partition coefficient (Wildman–Crippen LogP) is 4.62. The number of alkyl halides is 1. The average Bonchev–Trinajstić information content (AvgIpc) is 2.10. The van der Waals surface area contributed by atoms with Crippen molar-refractivity contribution in [2.24, 2.45) is 5.92 Å². The molecule has 0 amide bonds. The first kappa shape index (κ1) is 10.5. The van der Waals surface area contributed by atoms with E-state index in [1.54, 1.807) is 0 Å². The molecule has 1 unspecified atom stereocenters. The number of halogens is 2. The van der Waals surface area contributed by atoms with Crippen molar-refractivity contribution in [2.75, 3.05) is 5.33 Å². The third kappa shape index (κ3) is 2.14. The fourth-order valence-electron chi connectivity index (χ4n) is 2.07. The molecule has 1 saturated carbocycles. The molecule has 2 heteroatoms. The van der Waals surface area contributed by atoms with Crippen molar-refractivity contribution in [3.8, 4) is 0 Å². The minimum atomic E-state index is 0.655. The molecule has 1 aromatic rings. The molecule has 1 aromatic carbocycles. The second-order valence-electron chi connectivity index (χ2n) is 4.01. The maximum atomic E-state index is 6.00. The van der Waals surface area contributed by atoms with Gasteiger partial charge in [-0.25, -0.2) is 0 Å². The maximum absolute atomic E-state index is 6.00. The van der Waals surface area contributed by atoms with Gasteiger partial charge in [0.1, 0.15) is 0 Å². The van der Waals surface area contributed by atoms with E-state index in [-0.39, 0.29) is 0 Å². The zero-order valence-electron chi connectivity index (χ0n) is 8.05. The highest BCUT2D eigenvalue weighted by atomic mass is 79.9. The molecule has 1 atom stereocenters. The van der Waals surface area contributed by atoms with E-state index >= 15 is 0 Å². The van der Waals surface area contributed by atoms with Crippen molar-refractivity contribution >= 4 is 27.5 Å². The Morgan fingerprint density at radius 2 is 2.21 bits per heavy atom. The summed E-state index contributed by atoms with van der Waals surface area (Å²) < 4.78 is 0. The predicted molar refractivity (Wildman–Crippen MR) is 65.3 cm³/mol. The molecule has 14 heavy (non-hydrogen) atoms. The lowest BCUT2D eigenvalue weighted by atomic mass is 9.74. The summed E-state index contributed by atoms with van der Waals surface area (Å²) in [5, 5.41) is 1.91. The maximum Gasteiger partial charge on any atom is 0.0408 e. The van der Waals surface area contributed by atoms with Crippen LogP contribution in [0.25, 0.3) is 0 Å². The van der Waals surface area contributed by atoms with Crippen molar-refractivity contribution in [3.63, 3.8) is 0 Å². The summed E-state index contributed by atoms with van der Waals surface area (Å²) >= 11 is 9.61. The Morgan fingerprint density at radius 3 is 2.71 bits per heavy atom. The Labute approximate surface area is 98.8 Å². The van der Waals surface area contributed by atoms with Gasteiger partial charge < -0.3 is 0 Å². The van der Waals surface area contributed by atoms with Crippen LogP contribution in [0.5, 0.6) is 0 Å². The number of hydrogen-bond acceptors (Lipinski definition) is 0. The van der Waals surface area contributed by atoms with Crippen LogP contribution < -0.4 is 0 Å². The Morgan fingerprint density at radius 1 is 1.43 bits per heavy atom. The van der Waals surface area contributed by atoms with E-state index < -0.39 is 0 Å². The van der Waals surface area contributed by atoms with Gasteiger partial charge in [0.15, 0.2) is 0 Å². The highest BCUT2D eigenvalue weighted by Crippen LogP contribution is 2.40. The molecular formula is C12H14BrCl. The van der Waals surface area contributed by atoms with Gasteiger partial charge in [0, 0.05) is 10.4 Å². The molecule has 1 fully saturated rings. The van der Waals surface area contributed by atoms with E-state index in [0.717, 1.165) is 16.3 Å². The van der Waals surface area contributed by atoms with E-state index in [2.05, 4.69) is 28.1 Å². The lowest BCUT2D eigenvalue weighted by molar-refractivity contribution is 0.275. The van der Waals surface area contributed by atoms with Crippen LogP contribution in [0.1, 0.15) is 30.7 Å². The first-order chi connectivity index (χ1) is 6.81. The van der Waals surface area contributed by atoms with Gasteiger partial charge in [0.2, 0.25) is 0 Å². The van der Waals surface area contributed by atoms with Crippen LogP contribution in [0.3, 0.4) is 0 Å². The summed E-state index contributed by atoms with van der Waals surface area (Å²) in [7, 11) is 0. The Kier molecular flexibility index (Phi) is 3.51. The summed E-state index contributed by atoms with van der Waals surface area (Å²) in [5.74, 6) is 1.52. The third-order valence-electron chi connectivity index (χ3n) is 3.16. The SMILES string of the molecule is Clc1cccc(C(CBr)C2CCC2)c1. The van der Waals surface area contributed by atoms with Gasteiger partial charge in [-0.15, -0.1) is 0 Å². The zero-order chi connectivity index (χ0) is 9.97. The number of rotatable bonds is 3. The molecule has 0 saturated heterocycles. The summed E-state index contributed by atoms with van der Waals surface area (Å²) in [6, 6.07) is 8.28. The van der Waals surface area contributed by atoms with E-state index in [1.165, 1.54) is 24.8 Å². The lowest BCUT2D eigenvalue weighted by Gasteiger charge is -2.33. The molecular weight excluding hydrogens is 259 g/mol. The average molecular weight is 274 g/mol. The van der Waals surface area contributed by atoms with Crippen LogP contribution in [-0.4, -0.2) is 5.33 Å². The van der Waals surface area contributed by atoms with E-state index in [4.69, 9.17) is 11.6 Å². The van der Waals surface area contributed by atoms with E-state index in [0.29, 0.717) is 5.92 Å². The molecule has 2 rings (SSSR count). The molecule has 0 nitrogen and oxygen atoms in total. The van der Waals surface area contributed by atoms with E-state index in [9.17, 15) is 0 Å². The first-order valence-corrected chi connectivity index (χ1v) is 6.62. The van der Waals surface area contributed by atoms with Crippen molar-refractivity contribution in [3.05, 3.63) is 34.9 Å². The Bertz CT molecular complexity index is 307. The van der Waals surface area contributed by atoms with Gasteiger partial charge in [0.25, 0.3) is 0 Å². The van der Waals surface area contributed by atoms with Crippen molar-refractivity contribution < 1.29 is 0 Å². The van der Waals surface area contributed by atoms with Crippen LogP contribution >= 0.6 is 27.5 Å². The molecule has 0 N–H and O–H groups in total. The quantitative estimate of drug-likeness (QED) is 0.705. The van der Waals surface area contributed by atoms with Crippen molar-refractivity contribution in [2.45, 2.75) is 25.2 Å². The highest BCUT2D eigenvalue weighted by Gasteiger charge is 2.27. The van der Waals surface area contributed by atoms with Crippen LogP contribution in [-0.2, 0) is 0 Å². The fourth-order valence-corrected chi connectivity index (χ4v) is 3.17. The smallest absolute Gasteiger partial charge is 0.0408 e. The minimum absolute atomic E-state index is 0.655. The van der Waals surface area contributed by atoms with Gasteiger partial charge >= 0.3 is 0 Å². The number of benzene rings is 1.